The number of aliphatic imine (C=N–C) groups is 1. The minimum absolute atomic E-state index is 0.0913. The van der Waals surface area contributed by atoms with Crippen LogP contribution in [0.25, 0.3) is 5.69 Å². The van der Waals surface area contributed by atoms with Crippen LogP contribution in [0.5, 0.6) is 0 Å². The van der Waals surface area contributed by atoms with Gasteiger partial charge in [0.1, 0.15) is 0 Å². The van der Waals surface area contributed by atoms with Crippen molar-refractivity contribution in [2.75, 3.05) is 40.0 Å². The van der Waals surface area contributed by atoms with E-state index in [0.717, 1.165) is 18.7 Å². The topological polar surface area (TPSA) is 88.9 Å². The number of nitrogens with one attached hydrogen (secondary N) is 1. The van der Waals surface area contributed by atoms with Gasteiger partial charge in [0, 0.05) is 19.6 Å². The number of rotatable bonds is 8. The zero-order chi connectivity index (χ0) is 23.9. The number of halogens is 1. The maximum atomic E-state index is 13.7. The molecule has 0 atom stereocenters. The number of hydrogen-bond donors (Lipinski definition) is 1. The molecule has 4 rings (SSSR count). The predicted octanol–water partition coefficient (Wildman–Crippen LogP) is 2.86. The number of nitrogens with zero attached hydrogens (tertiary/aromatic N) is 3. The van der Waals surface area contributed by atoms with Crippen molar-refractivity contribution in [3.63, 3.8) is 0 Å². The number of morpholine rings is 1. The second-order valence-electron chi connectivity index (χ2n) is 7.95. The molecule has 1 fully saturated rings. The largest absolute Gasteiger partial charge is 0.469 e. The fourth-order valence-electron chi connectivity index (χ4n) is 3.88. The van der Waals surface area contributed by atoms with E-state index in [9.17, 15) is 9.59 Å². The smallest absolute Gasteiger partial charge is 0.311 e. The lowest BCUT2D eigenvalue weighted by Crippen LogP contribution is -2.41. The number of H-pyrrole nitrogens is 1. The van der Waals surface area contributed by atoms with Gasteiger partial charge in [-0.15, -0.1) is 0 Å². The molecule has 0 radical (unpaired) electrons. The van der Waals surface area contributed by atoms with Crippen LogP contribution in [0.4, 0.5) is 0 Å². The molecule has 1 aromatic heterocycles. The number of methoxy groups -OCH3 is 1. The van der Waals surface area contributed by atoms with E-state index in [0.29, 0.717) is 54.0 Å². The third-order valence-electron chi connectivity index (χ3n) is 5.67. The number of esters is 1. The van der Waals surface area contributed by atoms with E-state index in [1.54, 1.807) is 24.3 Å². The minimum atomic E-state index is -0.456. The molecule has 0 saturated carbocycles. The molecule has 9 heteroatoms. The SMILES string of the molecule is COC(=O)Cc1[nH]n(-c2ccccc2Cl)c(=O)c1C(CN1CCOCC1)=NCc1ccccc1. The minimum Gasteiger partial charge on any atom is -0.469 e. The number of ether oxygens (including phenoxy) is 2. The number of carbonyl (C=O) groups excluding carboxylic acids is 1. The number of benzene rings is 2. The molecule has 0 amide bonds. The van der Waals surface area contributed by atoms with Crippen molar-refractivity contribution in [2.24, 2.45) is 4.99 Å². The number of carbonyl (C=O) groups is 1. The second-order valence-corrected chi connectivity index (χ2v) is 8.35. The third-order valence-corrected chi connectivity index (χ3v) is 5.99. The van der Waals surface area contributed by atoms with Crippen LogP contribution < -0.4 is 5.56 Å². The first-order chi connectivity index (χ1) is 16.6. The molecule has 0 spiro atoms. The Kier molecular flexibility index (Phi) is 7.95. The molecule has 34 heavy (non-hydrogen) atoms. The first kappa shape index (κ1) is 23.9. The van der Waals surface area contributed by atoms with Gasteiger partial charge in [-0.05, 0) is 17.7 Å². The molecule has 1 N–H and O–H groups in total. The summed E-state index contributed by atoms with van der Waals surface area (Å²) in [4.78, 5) is 33.0. The van der Waals surface area contributed by atoms with E-state index in [4.69, 9.17) is 26.1 Å². The second kappa shape index (κ2) is 11.3. The van der Waals surface area contributed by atoms with E-state index in [1.807, 2.05) is 30.3 Å². The van der Waals surface area contributed by atoms with Crippen molar-refractivity contribution in [3.8, 4) is 5.69 Å². The van der Waals surface area contributed by atoms with Gasteiger partial charge >= 0.3 is 5.97 Å². The molecule has 178 valence electrons. The Balaban J connectivity index is 1.81. The number of aromatic amines is 1. The summed E-state index contributed by atoms with van der Waals surface area (Å²) in [6.45, 7) is 3.59. The lowest BCUT2D eigenvalue weighted by Gasteiger charge is -2.27. The number of hydrogen-bond acceptors (Lipinski definition) is 6. The molecule has 1 saturated heterocycles. The molecule has 0 bridgehead atoms. The standard InChI is InChI=1S/C25H27ClN4O4/c1-33-23(31)15-20-24(25(32)30(28-20)22-10-6-5-9-19(22)26)21(17-29-11-13-34-14-12-29)27-16-18-7-3-2-4-8-18/h2-10,28H,11-17H2,1H3. The van der Waals surface area contributed by atoms with E-state index in [1.165, 1.54) is 11.8 Å². The van der Waals surface area contributed by atoms with E-state index < -0.39 is 5.97 Å². The van der Waals surface area contributed by atoms with Crippen LogP contribution in [0.2, 0.25) is 5.02 Å². The maximum Gasteiger partial charge on any atom is 0.311 e. The normalized spacial score (nSPS) is 14.8. The van der Waals surface area contributed by atoms with Crippen molar-refractivity contribution in [3.05, 3.63) is 86.8 Å². The van der Waals surface area contributed by atoms with Gasteiger partial charge in [-0.25, -0.2) is 4.68 Å². The van der Waals surface area contributed by atoms with Crippen molar-refractivity contribution >= 4 is 23.3 Å². The molecular formula is C25H27ClN4O4. The number of para-hydroxylation sites is 1. The van der Waals surface area contributed by atoms with Gasteiger partial charge in [0.25, 0.3) is 5.56 Å². The van der Waals surface area contributed by atoms with Crippen molar-refractivity contribution in [1.82, 2.24) is 14.7 Å². The fraction of sp³-hybridized carbons (Fsp3) is 0.320. The summed E-state index contributed by atoms with van der Waals surface area (Å²) in [6.07, 6.45) is -0.0913. The average molecular weight is 483 g/mol. The monoisotopic (exact) mass is 482 g/mol. The van der Waals surface area contributed by atoms with Crippen LogP contribution in [0.3, 0.4) is 0 Å². The quantitative estimate of drug-likeness (QED) is 0.394. The van der Waals surface area contributed by atoms with Crippen LogP contribution in [0.1, 0.15) is 16.8 Å². The molecule has 2 heterocycles. The van der Waals surface area contributed by atoms with Crippen LogP contribution in [-0.4, -0.2) is 66.3 Å². The molecule has 1 aliphatic heterocycles. The first-order valence-corrected chi connectivity index (χ1v) is 11.5. The number of aromatic nitrogens is 2. The zero-order valence-electron chi connectivity index (χ0n) is 19.0. The first-order valence-electron chi connectivity index (χ1n) is 11.1. The lowest BCUT2D eigenvalue weighted by molar-refractivity contribution is -0.139. The van der Waals surface area contributed by atoms with Crippen molar-refractivity contribution in [1.29, 1.82) is 0 Å². The summed E-state index contributed by atoms with van der Waals surface area (Å²) in [6, 6.07) is 16.9. The van der Waals surface area contributed by atoms with Gasteiger partial charge in [0.15, 0.2) is 0 Å². The molecule has 2 aromatic carbocycles. The highest BCUT2D eigenvalue weighted by molar-refractivity contribution is 6.32. The van der Waals surface area contributed by atoms with Gasteiger partial charge in [0.2, 0.25) is 0 Å². The molecule has 8 nitrogen and oxygen atoms in total. The van der Waals surface area contributed by atoms with Crippen LogP contribution in [0, 0.1) is 0 Å². The van der Waals surface area contributed by atoms with Crippen LogP contribution in [-0.2, 0) is 27.2 Å². The van der Waals surface area contributed by atoms with Crippen LogP contribution in [0.15, 0.2) is 64.4 Å². The zero-order valence-corrected chi connectivity index (χ0v) is 19.8. The molecular weight excluding hydrogens is 456 g/mol. The lowest BCUT2D eigenvalue weighted by atomic mass is 10.1. The molecule has 0 aliphatic carbocycles. The highest BCUT2D eigenvalue weighted by Crippen LogP contribution is 2.19. The Morgan fingerprint density at radius 3 is 2.53 bits per heavy atom. The Morgan fingerprint density at radius 2 is 1.82 bits per heavy atom. The summed E-state index contributed by atoms with van der Waals surface area (Å²) >= 11 is 6.38. The Labute approximate surface area is 202 Å². The van der Waals surface area contributed by atoms with Gasteiger partial charge in [0.05, 0.1) is 61.0 Å². The summed E-state index contributed by atoms with van der Waals surface area (Å²) < 4.78 is 11.7. The average Bonchev–Trinajstić information content (AvgIpc) is 3.18. The van der Waals surface area contributed by atoms with Gasteiger partial charge in [-0.3, -0.25) is 24.6 Å². The maximum absolute atomic E-state index is 13.7. The van der Waals surface area contributed by atoms with E-state index >= 15 is 0 Å². The highest BCUT2D eigenvalue weighted by atomic mass is 35.5. The highest BCUT2D eigenvalue weighted by Gasteiger charge is 2.25. The fourth-order valence-corrected chi connectivity index (χ4v) is 4.10. The van der Waals surface area contributed by atoms with E-state index in [-0.39, 0.29) is 12.0 Å². The summed E-state index contributed by atoms with van der Waals surface area (Å²) in [5, 5.41) is 3.50. The van der Waals surface area contributed by atoms with Crippen molar-refractivity contribution < 1.29 is 14.3 Å². The summed E-state index contributed by atoms with van der Waals surface area (Å²) in [5.41, 5.74) is 2.63. The van der Waals surface area contributed by atoms with E-state index in [2.05, 4.69) is 10.00 Å². The third kappa shape index (κ3) is 5.64. The van der Waals surface area contributed by atoms with Gasteiger partial charge in [-0.2, -0.15) is 0 Å². The summed E-state index contributed by atoms with van der Waals surface area (Å²) in [5.74, 6) is -0.456. The van der Waals surface area contributed by atoms with Crippen molar-refractivity contribution in [2.45, 2.75) is 13.0 Å². The molecule has 1 aliphatic rings. The molecule has 3 aromatic rings. The van der Waals surface area contributed by atoms with Gasteiger partial charge < -0.3 is 9.47 Å². The summed E-state index contributed by atoms with van der Waals surface area (Å²) in [7, 11) is 1.32. The predicted molar refractivity (Wildman–Crippen MR) is 131 cm³/mol. The Morgan fingerprint density at radius 1 is 1.12 bits per heavy atom. The Bertz CT molecular complexity index is 1210. The van der Waals surface area contributed by atoms with Crippen LogP contribution >= 0.6 is 11.6 Å². The Hall–Kier alpha value is -3.20. The van der Waals surface area contributed by atoms with Gasteiger partial charge in [-0.1, -0.05) is 54.1 Å². The molecule has 0 unspecified atom stereocenters.